The maximum atomic E-state index is 12.9. The molecule has 0 aliphatic rings. The smallest absolute Gasteiger partial charge is 0.324 e. The van der Waals surface area contributed by atoms with E-state index in [1.54, 1.807) is 41.2 Å². The van der Waals surface area contributed by atoms with Crippen molar-refractivity contribution in [2.45, 2.75) is 27.3 Å². The largest absolute Gasteiger partial charge is 0.350 e. The summed E-state index contributed by atoms with van der Waals surface area (Å²) >= 11 is 0. The molecule has 9 heteroatoms. The number of hydrogen-bond acceptors (Lipinski definition) is 5. The summed E-state index contributed by atoms with van der Waals surface area (Å²) in [7, 11) is 0. The lowest BCUT2D eigenvalue weighted by molar-refractivity contribution is -0.117. The number of Topliss-reactive ketones (excluding diaryl/α,β-unsaturated/α-hetero) is 1. The molecule has 0 bridgehead atoms. The number of aromatic nitrogens is 5. The van der Waals surface area contributed by atoms with Crippen LogP contribution in [-0.4, -0.2) is 35.5 Å². The standard InChI is InChI=1S/C25H22N6O3/c1-15-7-8-19(11-16(15)2)21-13-22-24-28-31(25(34)29(24)9-10-30(22)27-21)14-23(33)26-20-6-4-5-18(12-20)17(3)32/h4-13H,14H2,1-3H3,(H,26,33). The number of benzene rings is 2. The molecule has 34 heavy (non-hydrogen) atoms. The van der Waals surface area contributed by atoms with E-state index in [0.717, 1.165) is 15.9 Å². The fourth-order valence-electron chi connectivity index (χ4n) is 3.83. The van der Waals surface area contributed by atoms with Crippen LogP contribution >= 0.6 is 0 Å². The summed E-state index contributed by atoms with van der Waals surface area (Å²) in [4.78, 5) is 37.0. The van der Waals surface area contributed by atoms with E-state index in [1.165, 1.54) is 22.5 Å². The lowest BCUT2D eigenvalue weighted by Gasteiger charge is -2.05. The first-order valence-corrected chi connectivity index (χ1v) is 10.8. The first-order chi connectivity index (χ1) is 16.3. The van der Waals surface area contributed by atoms with Crippen molar-refractivity contribution in [3.8, 4) is 11.3 Å². The zero-order chi connectivity index (χ0) is 24.0. The van der Waals surface area contributed by atoms with Gasteiger partial charge in [-0.3, -0.25) is 9.59 Å². The monoisotopic (exact) mass is 454 g/mol. The quantitative estimate of drug-likeness (QED) is 0.411. The molecule has 0 aliphatic carbocycles. The summed E-state index contributed by atoms with van der Waals surface area (Å²) < 4.78 is 4.18. The number of fused-ring (bicyclic) bond motifs is 3. The van der Waals surface area contributed by atoms with Crippen molar-refractivity contribution < 1.29 is 9.59 Å². The molecule has 0 radical (unpaired) electrons. The second kappa shape index (κ2) is 8.11. The van der Waals surface area contributed by atoms with Gasteiger partial charge in [-0.25, -0.2) is 18.4 Å². The molecule has 0 aliphatic heterocycles. The molecule has 170 valence electrons. The van der Waals surface area contributed by atoms with Crippen molar-refractivity contribution in [2.75, 3.05) is 5.32 Å². The molecule has 9 nitrogen and oxygen atoms in total. The van der Waals surface area contributed by atoms with Gasteiger partial charge in [0.05, 0.1) is 5.69 Å². The Morgan fingerprint density at radius 2 is 1.79 bits per heavy atom. The van der Waals surface area contributed by atoms with Crippen molar-refractivity contribution in [1.82, 2.24) is 23.8 Å². The molecule has 3 heterocycles. The van der Waals surface area contributed by atoms with Crippen LogP contribution in [0.5, 0.6) is 0 Å². The number of rotatable bonds is 5. The lowest BCUT2D eigenvalue weighted by Crippen LogP contribution is -2.28. The van der Waals surface area contributed by atoms with E-state index in [2.05, 4.69) is 35.4 Å². The molecule has 0 unspecified atom stereocenters. The zero-order valence-corrected chi connectivity index (χ0v) is 18.9. The number of nitrogens with one attached hydrogen (secondary N) is 1. The summed E-state index contributed by atoms with van der Waals surface area (Å²) in [5.41, 5.74) is 5.70. The zero-order valence-electron chi connectivity index (χ0n) is 18.9. The van der Waals surface area contributed by atoms with E-state index in [0.29, 0.717) is 22.4 Å². The van der Waals surface area contributed by atoms with Gasteiger partial charge in [0.1, 0.15) is 12.1 Å². The first kappa shape index (κ1) is 21.3. The predicted molar refractivity (Wildman–Crippen MR) is 128 cm³/mol. The van der Waals surface area contributed by atoms with Crippen molar-refractivity contribution in [3.63, 3.8) is 0 Å². The maximum Gasteiger partial charge on any atom is 0.350 e. The number of carbonyl (C=O) groups is 2. The van der Waals surface area contributed by atoms with Crippen molar-refractivity contribution in [2.24, 2.45) is 0 Å². The first-order valence-electron chi connectivity index (χ1n) is 10.8. The van der Waals surface area contributed by atoms with Crippen LogP contribution in [0.15, 0.2) is 65.7 Å². The highest BCUT2D eigenvalue weighted by Gasteiger charge is 2.16. The van der Waals surface area contributed by atoms with Gasteiger partial charge in [0, 0.05) is 29.2 Å². The fourth-order valence-corrected chi connectivity index (χ4v) is 3.83. The molecular weight excluding hydrogens is 432 g/mol. The minimum Gasteiger partial charge on any atom is -0.324 e. The molecule has 5 aromatic rings. The van der Waals surface area contributed by atoms with Crippen LogP contribution in [0.2, 0.25) is 0 Å². The Labute approximate surface area is 194 Å². The molecule has 0 saturated heterocycles. The lowest BCUT2D eigenvalue weighted by atomic mass is 10.0. The van der Waals surface area contributed by atoms with Crippen LogP contribution in [-0.2, 0) is 11.3 Å². The normalized spacial score (nSPS) is 11.3. The molecule has 0 saturated carbocycles. The third kappa shape index (κ3) is 3.77. The second-order valence-electron chi connectivity index (χ2n) is 8.28. The third-order valence-electron chi connectivity index (χ3n) is 5.84. The summed E-state index contributed by atoms with van der Waals surface area (Å²) in [6.45, 7) is 5.30. The van der Waals surface area contributed by atoms with Crippen LogP contribution < -0.4 is 11.0 Å². The van der Waals surface area contributed by atoms with Gasteiger partial charge in [-0.1, -0.05) is 24.3 Å². The predicted octanol–water partition coefficient (Wildman–Crippen LogP) is 3.27. The Bertz CT molecular complexity index is 1660. The van der Waals surface area contributed by atoms with Crippen LogP contribution in [0.3, 0.4) is 0 Å². The Balaban J connectivity index is 1.47. The number of anilines is 1. The minimum absolute atomic E-state index is 0.0994. The molecule has 5 rings (SSSR count). The van der Waals surface area contributed by atoms with Crippen LogP contribution in [0.25, 0.3) is 22.4 Å². The SMILES string of the molecule is CC(=O)c1cccc(NC(=O)Cn2nc3c4cc(-c5ccc(C)c(C)c5)nn4ccn3c2=O)c1. The van der Waals surface area contributed by atoms with Gasteiger partial charge >= 0.3 is 5.69 Å². The Hall–Kier alpha value is -4.53. The molecule has 1 amide bonds. The summed E-state index contributed by atoms with van der Waals surface area (Å²) in [6.07, 6.45) is 3.27. The summed E-state index contributed by atoms with van der Waals surface area (Å²) in [6, 6.07) is 14.7. The van der Waals surface area contributed by atoms with Gasteiger partial charge in [-0.15, -0.1) is 5.10 Å². The van der Waals surface area contributed by atoms with Gasteiger partial charge < -0.3 is 5.32 Å². The van der Waals surface area contributed by atoms with Crippen molar-refractivity contribution in [3.05, 3.63) is 88.1 Å². The van der Waals surface area contributed by atoms with Gasteiger partial charge in [-0.05, 0) is 56.2 Å². The molecular formula is C25H22N6O3. The second-order valence-corrected chi connectivity index (χ2v) is 8.28. The highest BCUT2D eigenvalue weighted by molar-refractivity contribution is 5.97. The highest BCUT2D eigenvalue weighted by Crippen LogP contribution is 2.23. The maximum absolute atomic E-state index is 12.9. The van der Waals surface area contributed by atoms with E-state index < -0.39 is 11.6 Å². The van der Waals surface area contributed by atoms with Crippen LogP contribution in [0.1, 0.15) is 28.4 Å². The van der Waals surface area contributed by atoms with Crippen LogP contribution in [0, 0.1) is 13.8 Å². The molecule has 3 aromatic heterocycles. The Morgan fingerprint density at radius 1 is 0.971 bits per heavy atom. The number of carbonyl (C=O) groups excluding carboxylic acids is 2. The number of aryl methyl sites for hydroxylation is 2. The number of nitrogens with zero attached hydrogens (tertiary/aromatic N) is 5. The number of ketones is 1. The number of amides is 1. The number of hydrogen-bond donors (Lipinski definition) is 1. The van der Waals surface area contributed by atoms with E-state index in [9.17, 15) is 14.4 Å². The van der Waals surface area contributed by atoms with Crippen molar-refractivity contribution in [1.29, 1.82) is 0 Å². The van der Waals surface area contributed by atoms with Crippen LogP contribution in [0.4, 0.5) is 5.69 Å². The summed E-state index contributed by atoms with van der Waals surface area (Å²) in [5.74, 6) is -0.524. The molecule has 1 N–H and O–H groups in total. The van der Waals surface area contributed by atoms with E-state index in [-0.39, 0.29) is 12.3 Å². The van der Waals surface area contributed by atoms with Gasteiger partial charge in [0.15, 0.2) is 11.4 Å². The average molecular weight is 454 g/mol. The van der Waals surface area contributed by atoms with Gasteiger partial charge in [-0.2, -0.15) is 5.10 Å². The molecule has 0 atom stereocenters. The highest BCUT2D eigenvalue weighted by atomic mass is 16.2. The topological polar surface area (TPSA) is 103 Å². The molecule has 2 aromatic carbocycles. The van der Waals surface area contributed by atoms with Gasteiger partial charge in [0.2, 0.25) is 5.91 Å². The summed E-state index contributed by atoms with van der Waals surface area (Å²) in [5, 5.41) is 11.7. The van der Waals surface area contributed by atoms with E-state index in [4.69, 9.17) is 0 Å². The Morgan fingerprint density at radius 3 is 2.56 bits per heavy atom. The van der Waals surface area contributed by atoms with E-state index >= 15 is 0 Å². The Kier molecular flexibility index (Phi) is 5.09. The van der Waals surface area contributed by atoms with Gasteiger partial charge in [0.25, 0.3) is 0 Å². The van der Waals surface area contributed by atoms with E-state index in [1.807, 2.05) is 18.2 Å². The molecule has 0 spiro atoms. The minimum atomic E-state index is -0.431. The average Bonchev–Trinajstić information content (AvgIpc) is 3.37. The molecule has 0 fully saturated rings. The third-order valence-corrected chi connectivity index (χ3v) is 5.84. The van der Waals surface area contributed by atoms with Crippen molar-refractivity contribution >= 4 is 28.5 Å². The fraction of sp³-hybridized carbons (Fsp3) is 0.160.